The third-order valence-electron chi connectivity index (χ3n) is 2.07. The molecule has 1 aromatic rings. The molecule has 74 valence electrons. The third-order valence-corrected chi connectivity index (χ3v) is 6.42. The second-order valence-corrected chi connectivity index (χ2v) is 9.01. The van der Waals surface area contributed by atoms with Crippen LogP contribution in [0.25, 0.3) is 0 Å². The largest absolute Gasteiger partial charge is 0.148 e. The molecule has 1 heterocycles. The molecule has 0 radical (unpaired) electrons. The van der Waals surface area contributed by atoms with E-state index < -0.39 is 0 Å². The zero-order chi connectivity index (χ0) is 10.0. The van der Waals surface area contributed by atoms with E-state index in [0.717, 1.165) is 0 Å². The smallest absolute Gasteiger partial charge is 0.0126 e. The number of rotatable bonds is 3. The lowest BCUT2D eigenvalue weighted by molar-refractivity contribution is 1.20. The first kappa shape index (κ1) is 11.6. The van der Waals surface area contributed by atoms with E-state index in [2.05, 4.69) is 39.0 Å². The Morgan fingerprint density at radius 2 is 1.77 bits per heavy atom. The highest BCUT2D eigenvalue weighted by molar-refractivity contribution is 7.71. The van der Waals surface area contributed by atoms with Crippen LogP contribution in [0, 0.1) is 0 Å². The summed E-state index contributed by atoms with van der Waals surface area (Å²) in [5.74, 6) is 0. The van der Waals surface area contributed by atoms with Gasteiger partial charge in [0.2, 0.25) is 0 Å². The van der Waals surface area contributed by atoms with Gasteiger partial charge in [-0.05, 0) is 49.1 Å². The standard InChI is InChI=1S/C10H18P2S/c1-6-9-10(12(4)5)8(7-13-9)11(2)3/h7H,6H2,1-5H3. The lowest BCUT2D eigenvalue weighted by atomic mass is 10.4. The Bertz CT molecular complexity index is 276. The molecule has 0 aliphatic carbocycles. The summed E-state index contributed by atoms with van der Waals surface area (Å²) in [6, 6.07) is 0. The number of hydrogen-bond acceptors (Lipinski definition) is 1. The Morgan fingerprint density at radius 1 is 1.15 bits per heavy atom. The van der Waals surface area contributed by atoms with Gasteiger partial charge in [0.15, 0.2) is 0 Å². The van der Waals surface area contributed by atoms with Crippen LogP contribution in [0.1, 0.15) is 11.8 Å². The van der Waals surface area contributed by atoms with Crippen LogP contribution in [-0.4, -0.2) is 26.7 Å². The fourth-order valence-corrected chi connectivity index (χ4v) is 7.00. The molecule has 0 atom stereocenters. The molecule has 0 spiro atoms. The molecule has 3 heteroatoms. The van der Waals surface area contributed by atoms with Gasteiger partial charge in [-0.2, -0.15) is 0 Å². The SMILES string of the molecule is CCc1scc(P(C)C)c1P(C)C. The van der Waals surface area contributed by atoms with E-state index in [-0.39, 0.29) is 15.8 Å². The van der Waals surface area contributed by atoms with Crippen molar-refractivity contribution in [3.05, 3.63) is 10.3 Å². The molecule has 0 fully saturated rings. The average molecular weight is 232 g/mol. The van der Waals surface area contributed by atoms with E-state index in [1.54, 1.807) is 15.5 Å². The van der Waals surface area contributed by atoms with Gasteiger partial charge >= 0.3 is 0 Å². The molecule has 0 bridgehead atoms. The first-order valence-electron chi connectivity index (χ1n) is 4.53. The van der Waals surface area contributed by atoms with Gasteiger partial charge in [0, 0.05) is 4.88 Å². The van der Waals surface area contributed by atoms with Crippen molar-refractivity contribution < 1.29 is 0 Å². The summed E-state index contributed by atoms with van der Waals surface area (Å²) < 4.78 is 0. The lowest BCUT2D eigenvalue weighted by Gasteiger charge is -2.13. The Kier molecular flexibility index (Phi) is 4.36. The fourth-order valence-electron chi connectivity index (χ4n) is 1.43. The predicted molar refractivity (Wildman–Crippen MR) is 70.5 cm³/mol. The Morgan fingerprint density at radius 3 is 2.15 bits per heavy atom. The van der Waals surface area contributed by atoms with Crippen LogP contribution in [0.15, 0.2) is 5.38 Å². The number of aryl methyl sites for hydroxylation is 1. The zero-order valence-electron chi connectivity index (χ0n) is 9.09. The van der Waals surface area contributed by atoms with E-state index in [1.165, 1.54) is 6.42 Å². The molecule has 0 N–H and O–H groups in total. The van der Waals surface area contributed by atoms with Crippen LogP contribution < -0.4 is 10.6 Å². The van der Waals surface area contributed by atoms with Crippen molar-refractivity contribution in [3.8, 4) is 0 Å². The summed E-state index contributed by atoms with van der Waals surface area (Å²) in [6.45, 7) is 11.7. The van der Waals surface area contributed by atoms with E-state index in [9.17, 15) is 0 Å². The van der Waals surface area contributed by atoms with E-state index in [1.807, 2.05) is 11.3 Å². The minimum Gasteiger partial charge on any atom is -0.148 e. The first-order chi connectivity index (χ1) is 6.07. The topological polar surface area (TPSA) is 0 Å². The Balaban J connectivity index is 3.14. The molecule has 0 nitrogen and oxygen atoms in total. The molecule has 0 aromatic carbocycles. The van der Waals surface area contributed by atoms with Gasteiger partial charge < -0.3 is 0 Å². The maximum Gasteiger partial charge on any atom is 0.0126 e. The normalized spacial score (nSPS) is 11.6. The summed E-state index contributed by atoms with van der Waals surface area (Å²) in [7, 11) is 0.181. The average Bonchev–Trinajstić information content (AvgIpc) is 2.46. The molecule has 1 rings (SSSR count). The fraction of sp³-hybridized carbons (Fsp3) is 0.600. The second kappa shape index (κ2) is 4.87. The molecular formula is C10H18P2S. The quantitative estimate of drug-likeness (QED) is 0.703. The van der Waals surface area contributed by atoms with Gasteiger partial charge in [-0.15, -0.1) is 11.3 Å². The molecule has 13 heavy (non-hydrogen) atoms. The van der Waals surface area contributed by atoms with Crippen LogP contribution in [0.3, 0.4) is 0 Å². The molecule has 0 amide bonds. The third kappa shape index (κ3) is 2.52. The molecule has 1 aromatic heterocycles. The van der Waals surface area contributed by atoms with Gasteiger partial charge in [0.1, 0.15) is 0 Å². The Labute approximate surface area is 88.3 Å². The molecular weight excluding hydrogens is 214 g/mol. The molecule has 0 saturated carbocycles. The first-order valence-corrected chi connectivity index (χ1v) is 9.88. The highest BCUT2D eigenvalue weighted by atomic mass is 32.1. The lowest BCUT2D eigenvalue weighted by Crippen LogP contribution is -2.19. The van der Waals surface area contributed by atoms with E-state index in [0.29, 0.717) is 0 Å². The van der Waals surface area contributed by atoms with Crippen molar-refractivity contribution in [1.82, 2.24) is 0 Å². The van der Waals surface area contributed by atoms with Gasteiger partial charge in [0.25, 0.3) is 0 Å². The van der Waals surface area contributed by atoms with Crippen molar-refractivity contribution in [1.29, 1.82) is 0 Å². The van der Waals surface area contributed by atoms with Crippen molar-refractivity contribution >= 4 is 37.8 Å². The monoisotopic (exact) mass is 232 g/mol. The summed E-state index contributed by atoms with van der Waals surface area (Å²) in [5, 5.41) is 5.76. The minimum absolute atomic E-state index is 0.0882. The predicted octanol–water partition coefficient (Wildman–Crippen LogP) is 3.04. The summed E-state index contributed by atoms with van der Waals surface area (Å²) in [6.07, 6.45) is 1.21. The van der Waals surface area contributed by atoms with Crippen LogP contribution in [0.2, 0.25) is 0 Å². The zero-order valence-corrected chi connectivity index (χ0v) is 11.7. The van der Waals surface area contributed by atoms with Crippen LogP contribution in [0.5, 0.6) is 0 Å². The highest BCUT2D eigenvalue weighted by Gasteiger charge is 2.15. The van der Waals surface area contributed by atoms with Crippen molar-refractivity contribution in [2.24, 2.45) is 0 Å². The second-order valence-electron chi connectivity index (χ2n) is 3.54. The summed E-state index contributed by atoms with van der Waals surface area (Å²) >= 11 is 1.97. The van der Waals surface area contributed by atoms with Crippen molar-refractivity contribution in [2.45, 2.75) is 13.3 Å². The van der Waals surface area contributed by atoms with Gasteiger partial charge in [0.05, 0.1) is 0 Å². The Hall–Kier alpha value is 0.560. The highest BCUT2D eigenvalue weighted by Crippen LogP contribution is 2.34. The molecule has 0 unspecified atom stereocenters. The maximum absolute atomic E-state index is 2.39. The maximum atomic E-state index is 2.39. The molecule has 0 aliphatic heterocycles. The van der Waals surface area contributed by atoms with Crippen LogP contribution in [-0.2, 0) is 6.42 Å². The summed E-state index contributed by atoms with van der Waals surface area (Å²) in [5.41, 5.74) is 0. The molecule has 0 saturated heterocycles. The van der Waals surface area contributed by atoms with Gasteiger partial charge in [-0.25, -0.2) is 0 Å². The van der Waals surface area contributed by atoms with Crippen molar-refractivity contribution in [3.63, 3.8) is 0 Å². The van der Waals surface area contributed by atoms with Gasteiger partial charge in [-0.3, -0.25) is 0 Å². The number of thiophene rings is 1. The number of hydrogen-bond donors (Lipinski definition) is 0. The van der Waals surface area contributed by atoms with Crippen LogP contribution >= 0.6 is 27.2 Å². The van der Waals surface area contributed by atoms with Crippen LogP contribution in [0.4, 0.5) is 0 Å². The van der Waals surface area contributed by atoms with E-state index in [4.69, 9.17) is 0 Å². The van der Waals surface area contributed by atoms with Crippen molar-refractivity contribution in [2.75, 3.05) is 26.7 Å². The van der Waals surface area contributed by atoms with Gasteiger partial charge in [-0.1, -0.05) is 22.8 Å². The summed E-state index contributed by atoms with van der Waals surface area (Å²) in [4.78, 5) is 1.63. The minimum atomic E-state index is 0.0882. The van der Waals surface area contributed by atoms with E-state index >= 15 is 0 Å². The molecule has 0 aliphatic rings.